The van der Waals surface area contributed by atoms with Crippen molar-refractivity contribution in [2.45, 2.75) is 26.3 Å². The van der Waals surface area contributed by atoms with Gasteiger partial charge >= 0.3 is 0 Å². The summed E-state index contributed by atoms with van der Waals surface area (Å²) in [7, 11) is 0. The minimum atomic E-state index is -0.107. The Balaban J connectivity index is 2.07. The summed E-state index contributed by atoms with van der Waals surface area (Å²) >= 11 is 1.48. The molecule has 90 valence electrons. The fourth-order valence-electron chi connectivity index (χ4n) is 1.66. The fraction of sp³-hybridized carbons (Fsp3) is 0.333. The second-order valence-electron chi connectivity index (χ2n) is 3.80. The van der Waals surface area contributed by atoms with Crippen molar-refractivity contribution < 1.29 is 4.79 Å². The lowest BCUT2D eigenvalue weighted by molar-refractivity contribution is 0.0941. The lowest BCUT2D eigenvalue weighted by Gasteiger charge is -2.11. The maximum Gasteiger partial charge on any atom is 0.262 e. The smallest absolute Gasteiger partial charge is 0.262 e. The van der Waals surface area contributed by atoms with Crippen LogP contribution in [0.15, 0.2) is 23.8 Å². The molecule has 0 fully saturated rings. The number of thiophene rings is 1. The molecule has 1 atom stereocenters. The number of imidazole rings is 1. The molecule has 0 spiro atoms. The van der Waals surface area contributed by atoms with Crippen LogP contribution < -0.4 is 5.32 Å². The number of carbonyl (C=O) groups is 1. The number of carbonyl (C=O) groups excluding carboxylic acids is 1. The third-order valence-electron chi connectivity index (χ3n) is 2.61. The Morgan fingerprint density at radius 2 is 2.47 bits per heavy atom. The lowest BCUT2D eigenvalue weighted by atomic mass is 10.2. The Labute approximate surface area is 104 Å². The van der Waals surface area contributed by atoms with E-state index in [-0.39, 0.29) is 11.9 Å². The molecule has 1 unspecified atom stereocenters. The molecule has 0 radical (unpaired) electrons. The SMILES string of the molecule is CCc1ccsc1C(=O)NC(C)c1ncc[nH]1. The predicted molar refractivity (Wildman–Crippen MR) is 68.2 cm³/mol. The number of aromatic amines is 1. The standard InChI is InChI=1S/C12H15N3OS/c1-3-9-4-7-17-10(9)12(16)15-8(2)11-13-5-6-14-11/h4-8H,3H2,1-2H3,(H,13,14)(H,15,16). The Morgan fingerprint density at radius 1 is 1.65 bits per heavy atom. The Hall–Kier alpha value is -1.62. The van der Waals surface area contributed by atoms with Crippen molar-refractivity contribution in [3.8, 4) is 0 Å². The Kier molecular flexibility index (Phi) is 3.58. The van der Waals surface area contributed by atoms with Gasteiger partial charge in [-0.3, -0.25) is 4.79 Å². The summed E-state index contributed by atoms with van der Waals surface area (Å²) in [6.07, 6.45) is 4.31. The number of nitrogens with zero attached hydrogens (tertiary/aromatic N) is 1. The highest BCUT2D eigenvalue weighted by molar-refractivity contribution is 7.12. The van der Waals surface area contributed by atoms with Gasteiger partial charge in [0.15, 0.2) is 0 Å². The van der Waals surface area contributed by atoms with Crippen LogP contribution in [0.5, 0.6) is 0 Å². The number of hydrogen-bond donors (Lipinski definition) is 2. The topological polar surface area (TPSA) is 57.8 Å². The Bertz CT molecular complexity index is 490. The molecule has 2 rings (SSSR count). The molecule has 0 aliphatic rings. The maximum atomic E-state index is 12.0. The van der Waals surface area contributed by atoms with Crippen molar-refractivity contribution in [3.63, 3.8) is 0 Å². The van der Waals surface area contributed by atoms with Crippen molar-refractivity contribution in [1.82, 2.24) is 15.3 Å². The molecule has 0 saturated carbocycles. The first-order valence-electron chi connectivity index (χ1n) is 5.59. The van der Waals surface area contributed by atoms with E-state index in [2.05, 4.69) is 22.2 Å². The summed E-state index contributed by atoms with van der Waals surface area (Å²) in [5, 5.41) is 4.89. The summed E-state index contributed by atoms with van der Waals surface area (Å²) in [5.74, 6) is 0.744. The van der Waals surface area contributed by atoms with Gasteiger partial charge in [-0.1, -0.05) is 6.92 Å². The van der Waals surface area contributed by atoms with Crippen LogP contribution in [-0.2, 0) is 6.42 Å². The van der Waals surface area contributed by atoms with Gasteiger partial charge < -0.3 is 10.3 Å². The monoisotopic (exact) mass is 249 g/mol. The van der Waals surface area contributed by atoms with Gasteiger partial charge in [0, 0.05) is 12.4 Å². The quantitative estimate of drug-likeness (QED) is 0.874. The zero-order chi connectivity index (χ0) is 12.3. The normalized spacial score (nSPS) is 12.4. The molecule has 0 saturated heterocycles. The van der Waals surface area contributed by atoms with Gasteiger partial charge in [-0.2, -0.15) is 0 Å². The van der Waals surface area contributed by atoms with Crippen LogP contribution in [0.3, 0.4) is 0 Å². The van der Waals surface area contributed by atoms with Gasteiger partial charge in [-0.25, -0.2) is 4.98 Å². The van der Waals surface area contributed by atoms with E-state index in [0.717, 1.165) is 22.7 Å². The summed E-state index contributed by atoms with van der Waals surface area (Å²) in [5.41, 5.74) is 1.10. The highest BCUT2D eigenvalue weighted by Crippen LogP contribution is 2.18. The predicted octanol–water partition coefficient (Wildman–Crippen LogP) is 2.52. The number of hydrogen-bond acceptors (Lipinski definition) is 3. The summed E-state index contributed by atoms with van der Waals surface area (Å²) in [6.45, 7) is 3.96. The van der Waals surface area contributed by atoms with Crippen LogP contribution in [0, 0.1) is 0 Å². The van der Waals surface area contributed by atoms with E-state index < -0.39 is 0 Å². The number of H-pyrrole nitrogens is 1. The highest BCUT2D eigenvalue weighted by Gasteiger charge is 2.16. The molecule has 5 heteroatoms. The molecule has 0 aliphatic heterocycles. The van der Waals surface area contributed by atoms with E-state index in [0.29, 0.717) is 0 Å². The first-order valence-corrected chi connectivity index (χ1v) is 6.46. The molecule has 17 heavy (non-hydrogen) atoms. The van der Waals surface area contributed by atoms with Crippen LogP contribution in [-0.4, -0.2) is 15.9 Å². The average molecular weight is 249 g/mol. The van der Waals surface area contributed by atoms with Crippen LogP contribution in [0.2, 0.25) is 0 Å². The van der Waals surface area contributed by atoms with E-state index in [1.54, 1.807) is 12.4 Å². The van der Waals surface area contributed by atoms with E-state index in [9.17, 15) is 4.79 Å². The molecule has 2 N–H and O–H groups in total. The first kappa shape index (κ1) is 11.9. The number of aryl methyl sites for hydroxylation is 1. The van der Waals surface area contributed by atoms with Crippen LogP contribution in [0.4, 0.5) is 0 Å². The van der Waals surface area contributed by atoms with Gasteiger partial charge in [0.05, 0.1) is 10.9 Å². The highest BCUT2D eigenvalue weighted by atomic mass is 32.1. The van der Waals surface area contributed by atoms with Crippen molar-refractivity contribution in [2.24, 2.45) is 0 Å². The van der Waals surface area contributed by atoms with Gasteiger partial charge in [-0.05, 0) is 30.4 Å². The molecule has 0 aromatic carbocycles. The maximum absolute atomic E-state index is 12.0. The molecule has 2 aromatic heterocycles. The molecule has 2 aromatic rings. The van der Waals surface area contributed by atoms with Gasteiger partial charge in [0.1, 0.15) is 5.82 Å². The third-order valence-corrected chi connectivity index (χ3v) is 3.57. The van der Waals surface area contributed by atoms with Gasteiger partial charge in [-0.15, -0.1) is 11.3 Å². The van der Waals surface area contributed by atoms with Crippen molar-refractivity contribution in [3.05, 3.63) is 40.1 Å². The van der Waals surface area contributed by atoms with Crippen molar-refractivity contribution in [1.29, 1.82) is 0 Å². The second-order valence-corrected chi connectivity index (χ2v) is 4.71. The van der Waals surface area contributed by atoms with E-state index in [1.165, 1.54) is 11.3 Å². The summed E-state index contributed by atoms with van der Waals surface area (Å²) in [4.78, 5) is 20.0. The number of nitrogens with one attached hydrogen (secondary N) is 2. The zero-order valence-corrected chi connectivity index (χ0v) is 10.7. The molecular weight excluding hydrogens is 234 g/mol. The molecule has 2 heterocycles. The van der Waals surface area contributed by atoms with Gasteiger partial charge in [0.2, 0.25) is 0 Å². The van der Waals surface area contributed by atoms with Crippen molar-refractivity contribution >= 4 is 17.2 Å². The largest absolute Gasteiger partial charge is 0.347 e. The van der Waals surface area contributed by atoms with Crippen LogP contribution in [0.1, 0.15) is 40.9 Å². The average Bonchev–Trinajstić information content (AvgIpc) is 2.99. The molecule has 1 amide bonds. The minimum absolute atomic E-state index is 0.0271. The van der Waals surface area contributed by atoms with Crippen LogP contribution >= 0.6 is 11.3 Å². The Morgan fingerprint density at radius 3 is 3.12 bits per heavy atom. The third kappa shape index (κ3) is 2.55. The van der Waals surface area contributed by atoms with E-state index in [1.807, 2.05) is 18.4 Å². The van der Waals surface area contributed by atoms with Gasteiger partial charge in [0.25, 0.3) is 5.91 Å². The van der Waals surface area contributed by atoms with Crippen LogP contribution in [0.25, 0.3) is 0 Å². The van der Waals surface area contributed by atoms with E-state index >= 15 is 0 Å². The number of aromatic nitrogens is 2. The molecular formula is C12H15N3OS. The van der Waals surface area contributed by atoms with Crippen molar-refractivity contribution in [2.75, 3.05) is 0 Å². The number of amides is 1. The minimum Gasteiger partial charge on any atom is -0.347 e. The molecule has 0 bridgehead atoms. The first-order chi connectivity index (χ1) is 8.22. The molecule has 4 nitrogen and oxygen atoms in total. The fourth-order valence-corrected chi connectivity index (χ4v) is 2.56. The lowest BCUT2D eigenvalue weighted by Crippen LogP contribution is -2.27. The van der Waals surface area contributed by atoms with E-state index in [4.69, 9.17) is 0 Å². The number of rotatable bonds is 4. The summed E-state index contributed by atoms with van der Waals surface area (Å²) in [6, 6.07) is 1.89. The summed E-state index contributed by atoms with van der Waals surface area (Å²) < 4.78 is 0. The zero-order valence-electron chi connectivity index (χ0n) is 9.86. The second kappa shape index (κ2) is 5.14. The molecule has 0 aliphatic carbocycles.